The van der Waals surface area contributed by atoms with Crippen molar-refractivity contribution in [2.24, 2.45) is 0 Å². The zero-order chi connectivity index (χ0) is 7.98. The molecule has 0 atom stereocenters. The second-order valence-electron chi connectivity index (χ2n) is 1.71. The second kappa shape index (κ2) is 4.78. The molecule has 1 radical (unpaired) electrons. The third-order valence-corrected chi connectivity index (χ3v) is 0.952. The molecule has 0 unspecified atom stereocenters. The Morgan fingerprint density at radius 1 is 1.70 bits per heavy atom. The topological polar surface area (TPSA) is 46.6 Å². The summed E-state index contributed by atoms with van der Waals surface area (Å²) in [5.41, 5.74) is 0. The highest BCUT2D eigenvalue weighted by Gasteiger charge is 2.10. The maximum absolute atomic E-state index is 10.6. The van der Waals surface area contributed by atoms with Crippen LogP contribution in [0.3, 0.4) is 0 Å². The summed E-state index contributed by atoms with van der Waals surface area (Å²) in [7, 11) is 1.22. The molecule has 4 heteroatoms. The van der Waals surface area contributed by atoms with Gasteiger partial charge in [0.2, 0.25) is 0 Å². The monoisotopic (exact) mass is 144 g/mol. The Balaban J connectivity index is 3.80. The molecule has 2 amide bonds. The number of ether oxygens (including phenoxy) is 1. The molecule has 0 spiro atoms. The summed E-state index contributed by atoms with van der Waals surface area (Å²) in [6, 6.07) is 0. The number of nitrogens with zero attached hydrogens (tertiary/aromatic N) is 1. The molecule has 0 fully saturated rings. The molecule has 10 heavy (non-hydrogen) atoms. The van der Waals surface area contributed by atoms with Gasteiger partial charge in [-0.05, 0) is 6.42 Å². The van der Waals surface area contributed by atoms with Crippen molar-refractivity contribution in [3.8, 4) is 0 Å². The van der Waals surface area contributed by atoms with Crippen molar-refractivity contribution in [1.82, 2.24) is 4.90 Å². The zero-order valence-electron chi connectivity index (χ0n) is 6.09. The van der Waals surface area contributed by atoms with Crippen molar-refractivity contribution in [3.05, 3.63) is 0 Å². The van der Waals surface area contributed by atoms with Crippen LogP contribution < -0.4 is 0 Å². The van der Waals surface area contributed by atoms with Gasteiger partial charge in [-0.15, -0.1) is 0 Å². The maximum atomic E-state index is 10.6. The Kier molecular flexibility index (Phi) is 4.28. The van der Waals surface area contributed by atoms with Crippen LogP contribution in [0.4, 0.5) is 4.79 Å². The highest BCUT2D eigenvalue weighted by molar-refractivity contribution is 5.80. The summed E-state index contributed by atoms with van der Waals surface area (Å²) in [4.78, 5) is 21.4. The minimum atomic E-state index is -0.656. The number of carbonyl (C=O) groups excluding carboxylic acids is 2. The van der Waals surface area contributed by atoms with Gasteiger partial charge in [-0.3, -0.25) is 4.79 Å². The standard InChI is InChI=1S/C6H10NO3/c1-3-4-7(5-8)6(9)10-2/h3-4H2,1-2H3. The van der Waals surface area contributed by atoms with Crippen LogP contribution in [0.15, 0.2) is 0 Å². The number of methoxy groups -OCH3 is 1. The van der Waals surface area contributed by atoms with E-state index < -0.39 is 6.09 Å². The van der Waals surface area contributed by atoms with Gasteiger partial charge in [-0.1, -0.05) is 6.92 Å². The average Bonchev–Trinajstić information content (AvgIpc) is 1.99. The van der Waals surface area contributed by atoms with E-state index in [2.05, 4.69) is 4.74 Å². The predicted molar refractivity (Wildman–Crippen MR) is 35.1 cm³/mol. The summed E-state index contributed by atoms with van der Waals surface area (Å²) in [5.74, 6) is 0. The Morgan fingerprint density at radius 2 is 2.30 bits per heavy atom. The normalized spacial score (nSPS) is 8.60. The summed E-state index contributed by atoms with van der Waals surface area (Å²) >= 11 is 0. The molecular weight excluding hydrogens is 134 g/mol. The van der Waals surface area contributed by atoms with Crippen LogP contribution in [0.2, 0.25) is 0 Å². The van der Waals surface area contributed by atoms with Gasteiger partial charge < -0.3 is 4.74 Å². The number of hydrogen-bond donors (Lipinski definition) is 0. The minimum absolute atomic E-state index is 0.357. The van der Waals surface area contributed by atoms with E-state index in [1.54, 1.807) is 0 Å². The average molecular weight is 144 g/mol. The second-order valence-corrected chi connectivity index (χ2v) is 1.71. The lowest BCUT2D eigenvalue weighted by molar-refractivity contribution is 0.144. The van der Waals surface area contributed by atoms with Gasteiger partial charge in [0.25, 0.3) is 0 Å². The van der Waals surface area contributed by atoms with Crippen LogP contribution in [-0.4, -0.2) is 31.1 Å². The van der Waals surface area contributed by atoms with Crippen LogP contribution in [0.25, 0.3) is 0 Å². The third-order valence-electron chi connectivity index (χ3n) is 0.952. The molecule has 57 valence electrons. The van der Waals surface area contributed by atoms with Crippen LogP contribution in [0.1, 0.15) is 13.3 Å². The van der Waals surface area contributed by atoms with Gasteiger partial charge in [0.05, 0.1) is 7.11 Å². The van der Waals surface area contributed by atoms with E-state index >= 15 is 0 Å². The highest BCUT2D eigenvalue weighted by Crippen LogP contribution is 1.89. The SMILES string of the molecule is CCCN([C]=O)C(=O)OC. The smallest absolute Gasteiger partial charge is 0.416 e. The lowest BCUT2D eigenvalue weighted by Crippen LogP contribution is -2.29. The van der Waals surface area contributed by atoms with E-state index in [0.29, 0.717) is 13.0 Å². The fourth-order valence-electron chi connectivity index (χ4n) is 0.508. The maximum Gasteiger partial charge on any atom is 0.416 e. The molecule has 0 aromatic rings. The van der Waals surface area contributed by atoms with Crippen LogP contribution in [0, 0.1) is 0 Å². The summed E-state index contributed by atoms with van der Waals surface area (Å²) < 4.78 is 4.28. The number of amides is 2. The number of carbonyl (C=O) groups is 1. The van der Waals surface area contributed by atoms with Crippen molar-refractivity contribution in [2.75, 3.05) is 13.7 Å². The first-order valence-electron chi connectivity index (χ1n) is 2.99. The first-order valence-corrected chi connectivity index (χ1v) is 2.99. The fourth-order valence-corrected chi connectivity index (χ4v) is 0.508. The Bertz CT molecular complexity index is 124. The van der Waals surface area contributed by atoms with Crippen molar-refractivity contribution >= 4 is 12.5 Å². The van der Waals surface area contributed by atoms with E-state index in [0.717, 1.165) is 4.90 Å². The van der Waals surface area contributed by atoms with Gasteiger partial charge in [-0.2, -0.15) is 0 Å². The van der Waals surface area contributed by atoms with Crippen molar-refractivity contribution in [3.63, 3.8) is 0 Å². The molecule has 0 aromatic heterocycles. The number of hydrogen-bond acceptors (Lipinski definition) is 3. The van der Waals surface area contributed by atoms with Crippen molar-refractivity contribution in [1.29, 1.82) is 0 Å². The molecule has 0 aliphatic heterocycles. The summed E-state index contributed by atoms with van der Waals surface area (Å²) in [5, 5.41) is 0. The molecule has 0 heterocycles. The molecular formula is C6H10NO3. The summed E-state index contributed by atoms with van der Waals surface area (Å²) in [6.45, 7) is 2.21. The van der Waals surface area contributed by atoms with Gasteiger partial charge in [-0.25, -0.2) is 9.69 Å². The Hall–Kier alpha value is -1.06. The van der Waals surface area contributed by atoms with Gasteiger partial charge in [0.15, 0.2) is 0 Å². The van der Waals surface area contributed by atoms with E-state index in [1.165, 1.54) is 13.5 Å². The zero-order valence-corrected chi connectivity index (χ0v) is 6.09. The van der Waals surface area contributed by atoms with E-state index in [4.69, 9.17) is 0 Å². The van der Waals surface area contributed by atoms with Crippen LogP contribution >= 0.6 is 0 Å². The molecule has 0 saturated carbocycles. The molecule has 0 saturated heterocycles. The van der Waals surface area contributed by atoms with E-state index in [1.807, 2.05) is 6.92 Å². The summed E-state index contributed by atoms with van der Waals surface area (Å²) in [6.07, 6.45) is 1.52. The molecule has 0 bridgehead atoms. The van der Waals surface area contributed by atoms with Crippen LogP contribution in [-0.2, 0) is 9.53 Å². The van der Waals surface area contributed by atoms with Gasteiger partial charge in [0.1, 0.15) is 0 Å². The predicted octanol–water partition coefficient (Wildman–Crippen LogP) is 0.532. The van der Waals surface area contributed by atoms with Crippen molar-refractivity contribution in [2.45, 2.75) is 13.3 Å². The van der Waals surface area contributed by atoms with E-state index in [9.17, 15) is 9.59 Å². The first-order chi connectivity index (χ1) is 4.76. The first kappa shape index (κ1) is 8.94. The van der Waals surface area contributed by atoms with Gasteiger partial charge in [0, 0.05) is 6.54 Å². The number of rotatable bonds is 3. The molecule has 4 nitrogen and oxygen atoms in total. The molecule has 0 aliphatic carbocycles. The third kappa shape index (κ3) is 2.48. The molecule has 0 rings (SSSR count). The largest absolute Gasteiger partial charge is 0.452 e. The highest BCUT2D eigenvalue weighted by atomic mass is 16.5. The lowest BCUT2D eigenvalue weighted by atomic mass is 10.4. The Labute approximate surface area is 59.8 Å². The molecule has 0 aliphatic rings. The quantitative estimate of drug-likeness (QED) is 0.543. The molecule has 0 N–H and O–H groups in total. The minimum Gasteiger partial charge on any atom is -0.452 e. The Morgan fingerprint density at radius 3 is 2.60 bits per heavy atom. The lowest BCUT2D eigenvalue weighted by Gasteiger charge is -2.09. The van der Waals surface area contributed by atoms with Crippen LogP contribution in [0.5, 0.6) is 0 Å². The van der Waals surface area contributed by atoms with Gasteiger partial charge >= 0.3 is 12.5 Å². The van der Waals surface area contributed by atoms with E-state index in [-0.39, 0.29) is 0 Å². The fraction of sp³-hybridized carbons (Fsp3) is 0.667. The van der Waals surface area contributed by atoms with Crippen molar-refractivity contribution < 1.29 is 14.3 Å². The number of imide groups is 1. The molecule has 0 aromatic carbocycles.